The molecule has 1 saturated heterocycles. The van der Waals surface area contributed by atoms with Gasteiger partial charge in [-0.15, -0.1) is 0 Å². The third-order valence-electron chi connectivity index (χ3n) is 4.99. The summed E-state index contributed by atoms with van der Waals surface area (Å²) in [6.45, 7) is 6.16. The summed E-state index contributed by atoms with van der Waals surface area (Å²) < 4.78 is 62.7. The third-order valence-corrected chi connectivity index (χ3v) is 6.09. The number of anilines is 1. The number of nitrogens with one attached hydrogen (secondary N) is 1. The van der Waals surface area contributed by atoms with Crippen molar-refractivity contribution in [3.05, 3.63) is 29.8 Å². The van der Waals surface area contributed by atoms with E-state index in [2.05, 4.69) is 5.16 Å². The Morgan fingerprint density at radius 3 is 2.52 bits per heavy atom. The second-order valence-electron chi connectivity index (χ2n) is 6.96. The van der Waals surface area contributed by atoms with Gasteiger partial charge in [0.1, 0.15) is 6.61 Å². The fourth-order valence-electron chi connectivity index (χ4n) is 2.95. The van der Waals surface area contributed by atoms with Crippen molar-refractivity contribution < 1.29 is 31.2 Å². The van der Waals surface area contributed by atoms with Crippen molar-refractivity contribution in [2.24, 2.45) is 10.6 Å². The maximum atomic E-state index is 13.0. The third kappa shape index (κ3) is 5.01. The standard InChI is InChI=1S/C18H24F3N3O4S/c1-4-17(3)10-11-24(16(25)15(17)22-28-5-2)12-13-8-6-7-9-14(13)23-29(26,27)18(19,20)21/h6-9,23H,4-5,10-12H2,1-3H3/b22-15-. The summed E-state index contributed by atoms with van der Waals surface area (Å²) in [5.74, 6) is -0.387. The van der Waals surface area contributed by atoms with Gasteiger partial charge in [0.05, 0.1) is 5.69 Å². The number of benzene rings is 1. The molecule has 1 atom stereocenters. The summed E-state index contributed by atoms with van der Waals surface area (Å²) in [6, 6.07) is 5.65. The summed E-state index contributed by atoms with van der Waals surface area (Å²) in [5, 5.41) is 3.98. The summed E-state index contributed by atoms with van der Waals surface area (Å²) in [5.41, 5.74) is -5.66. The monoisotopic (exact) mass is 435 g/mol. The first kappa shape index (κ1) is 23.0. The van der Waals surface area contributed by atoms with Gasteiger partial charge in [-0.1, -0.05) is 37.2 Å². The SMILES string of the molecule is CCO/N=C1/C(=O)N(Cc2ccccc2NS(=O)(=O)C(F)(F)F)CCC1(C)CC. The molecule has 0 bridgehead atoms. The van der Waals surface area contributed by atoms with Gasteiger partial charge in [-0.05, 0) is 31.4 Å². The number of oxime groups is 1. The molecule has 1 N–H and O–H groups in total. The van der Waals surface area contributed by atoms with E-state index in [1.165, 1.54) is 23.1 Å². The highest BCUT2D eigenvalue weighted by Gasteiger charge is 2.46. The summed E-state index contributed by atoms with van der Waals surface area (Å²) in [7, 11) is -5.57. The quantitative estimate of drug-likeness (QED) is 0.664. The van der Waals surface area contributed by atoms with Gasteiger partial charge in [0.15, 0.2) is 5.71 Å². The normalized spacial score (nSPS) is 22.1. The predicted molar refractivity (Wildman–Crippen MR) is 103 cm³/mol. The van der Waals surface area contributed by atoms with E-state index in [0.717, 1.165) is 0 Å². The van der Waals surface area contributed by atoms with E-state index in [9.17, 15) is 26.4 Å². The molecular formula is C18H24F3N3O4S. The number of sulfonamides is 1. The molecule has 1 unspecified atom stereocenters. The molecule has 1 fully saturated rings. The van der Waals surface area contributed by atoms with Crippen molar-refractivity contribution in [1.82, 2.24) is 4.90 Å². The van der Waals surface area contributed by atoms with Crippen molar-refractivity contribution in [1.29, 1.82) is 0 Å². The Morgan fingerprint density at radius 2 is 1.93 bits per heavy atom. The van der Waals surface area contributed by atoms with Crippen LogP contribution in [0.5, 0.6) is 0 Å². The number of likely N-dealkylation sites (tertiary alicyclic amines) is 1. The zero-order valence-electron chi connectivity index (χ0n) is 16.4. The Labute approximate surface area is 167 Å². The lowest BCUT2D eigenvalue weighted by atomic mass is 9.76. The van der Waals surface area contributed by atoms with Crippen LogP contribution >= 0.6 is 0 Å². The molecule has 0 aliphatic carbocycles. The molecule has 0 aromatic heterocycles. The van der Waals surface area contributed by atoms with Crippen LogP contribution in [0.2, 0.25) is 0 Å². The molecule has 1 aliphatic heterocycles. The van der Waals surface area contributed by atoms with Gasteiger partial charge in [0.2, 0.25) is 0 Å². The molecule has 162 valence electrons. The minimum absolute atomic E-state index is 0.0691. The molecule has 7 nitrogen and oxygen atoms in total. The fourth-order valence-corrected chi connectivity index (χ4v) is 3.55. The van der Waals surface area contributed by atoms with Crippen molar-refractivity contribution in [2.75, 3.05) is 17.9 Å². The molecule has 1 aliphatic rings. The van der Waals surface area contributed by atoms with Crippen LogP contribution in [0.3, 0.4) is 0 Å². The van der Waals surface area contributed by atoms with Crippen LogP contribution < -0.4 is 4.72 Å². The number of alkyl halides is 3. The fraction of sp³-hybridized carbons (Fsp3) is 0.556. The van der Waals surface area contributed by atoms with Crippen LogP contribution in [0.15, 0.2) is 29.4 Å². The van der Waals surface area contributed by atoms with Gasteiger partial charge in [-0.2, -0.15) is 21.6 Å². The number of para-hydroxylation sites is 1. The van der Waals surface area contributed by atoms with E-state index in [1.54, 1.807) is 17.7 Å². The minimum atomic E-state index is -5.57. The molecule has 0 spiro atoms. The Kier molecular flexibility index (Phi) is 6.82. The van der Waals surface area contributed by atoms with Gasteiger partial charge < -0.3 is 9.74 Å². The minimum Gasteiger partial charge on any atom is -0.396 e. The highest BCUT2D eigenvalue weighted by molar-refractivity contribution is 7.93. The van der Waals surface area contributed by atoms with Crippen LogP contribution in [0.1, 0.15) is 39.2 Å². The van der Waals surface area contributed by atoms with E-state index in [4.69, 9.17) is 4.84 Å². The summed E-state index contributed by atoms with van der Waals surface area (Å²) in [4.78, 5) is 19.5. The number of rotatable bonds is 7. The van der Waals surface area contributed by atoms with Crippen LogP contribution in [-0.2, 0) is 26.2 Å². The molecule has 11 heteroatoms. The summed E-state index contributed by atoms with van der Waals surface area (Å²) in [6.07, 6.45) is 1.26. The van der Waals surface area contributed by atoms with E-state index < -0.39 is 20.9 Å². The number of halogens is 3. The van der Waals surface area contributed by atoms with Gasteiger partial charge in [-0.3, -0.25) is 9.52 Å². The highest BCUT2D eigenvalue weighted by atomic mass is 32.2. The first-order chi connectivity index (χ1) is 13.4. The maximum absolute atomic E-state index is 13.0. The second kappa shape index (κ2) is 8.60. The van der Waals surface area contributed by atoms with Gasteiger partial charge in [0.25, 0.3) is 5.91 Å². The molecule has 1 heterocycles. The first-order valence-electron chi connectivity index (χ1n) is 9.12. The Bertz CT molecular complexity index is 887. The smallest absolute Gasteiger partial charge is 0.396 e. The molecule has 2 rings (SSSR count). The summed E-state index contributed by atoms with van der Waals surface area (Å²) >= 11 is 0. The molecule has 1 aromatic carbocycles. The predicted octanol–water partition coefficient (Wildman–Crippen LogP) is 3.49. The molecule has 1 aromatic rings. The number of hydrogen-bond acceptors (Lipinski definition) is 5. The van der Waals surface area contributed by atoms with Gasteiger partial charge >= 0.3 is 15.5 Å². The molecular weight excluding hydrogens is 411 g/mol. The van der Waals surface area contributed by atoms with Crippen molar-refractivity contribution in [2.45, 2.75) is 45.7 Å². The van der Waals surface area contributed by atoms with Crippen LogP contribution in [0.25, 0.3) is 0 Å². The van der Waals surface area contributed by atoms with Gasteiger partial charge in [-0.25, -0.2) is 0 Å². The topological polar surface area (TPSA) is 88.1 Å². The van der Waals surface area contributed by atoms with Crippen molar-refractivity contribution in [3.8, 4) is 0 Å². The lowest BCUT2D eigenvalue weighted by Crippen LogP contribution is -2.50. The van der Waals surface area contributed by atoms with Crippen molar-refractivity contribution in [3.63, 3.8) is 0 Å². The molecule has 29 heavy (non-hydrogen) atoms. The lowest BCUT2D eigenvalue weighted by Gasteiger charge is -2.39. The van der Waals surface area contributed by atoms with E-state index in [-0.39, 0.29) is 29.4 Å². The highest BCUT2D eigenvalue weighted by Crippen LogP contribution is 2.34. The van der Waals surface area contributed by atoms with E-state index >= 15 is 0 Å². The largest absolute Gasteiger partial charge is 0.516 e. The molecule has 1 amide bonds. The van der Waals surface area contributed by atoms with Crippen LogP contribution in [0.4, 0.5) is 18.9 Å². The number of amides is 1. The molecule has 0 saturated carbocycles. The maximum Gasteiger partial charge on any atom is 0.516 e. The number of carbonyl (C=O) groups is 1. The lowest BCUT2D eigenvalue weighted by molar-refractivity contribution is -0.127. The Balaban J connectivity index is 2.30. The van der Waals surface area contributed by atoms with Gasteiger partial charge in [0, 0.05) is 18.5 Å². The second-order valence-corrected chi connectivity index (χ2v) is 8.63. The first-order valence-corrected chi connectivity index (χ1v) is 10.6. The van der Waals surface area contributed by atoms with E-state index in [0.29, 0.717) is 26.0 Å². The van der Waals surface area contributed by atoms with Crippen LogP contribution in [-0.4, -0.2) is 43.6 Å². The molecule has 0 radical (unpaired) electrons. The number of nitrogens with zero attached hydrogens (tertiary/aromatic N) is 2. The zero-order chi connectivity index (χ0) is 21.9. The number of piperidine rings is 1. The van der Waals surface area contributed by atoms with Crippen molar-refractivity contribution >= 4 is 27.3 Å². The number of carbonyl (C=O) groups excluding carboxylic acids is 1. The Hall–Kier alpha value is -2.30. The van der Waals surface area contributed by atoms with E-state index in [1.807, 2.05) is 13.8 Å². The van der Waals surface area contributed by atoms with Crippen LogP contribution in [0, 0.1) is 5.41 Å². The average Bonchev–Trinajstić information content (AvgIpc) is 2.64. The Morgan fingerprint density at radius 1 is 1.28 bits per heavy atom. The average molecular weight is 435 g/mol. The zero-order valence-corrected chi connectivity index (χ0v) is 17.2. The number of hydrogen-bond donors (Lipinski definition) is 1.